The van der Waals surface area contributed by atoms with Crippen LogP contribution in [0, 0.1) is 6.92 Å². The molecule has 0 spiro atoms. The van der Waals surface area contributed by atoms with Crippen molar-refractivity contribution in [3.63, 3.8) is 0 Å². The molecule has 0 aliphatic rings. The van der Waals surface area contributed by atoms with E-state index in [1.165, 1.54) is 0 Å². The lowest BCUT2D eigenvalue weighted by molar-refractivity contribution is -0.114. The van der Waals surface area contributed by atoms with E-state index in [1.54, 1.807) is 42.7 Å². The molecule has 138 valence electrons. The van der Waals surface area contributed by atoms with Crippen molar-refractivity contribution in [3.8, 4) is 0 Å². The summed E-state index contributed by atoms with van der Waals surface area (Å²) >= 11 is 0. The van der Waals surface area contributed by atoms with Crippen LogP contribution in [0.5, 0.6) is 0 Å². The minimum absolute atomic E-state index is 0.161. The van der Waals surface area contributed by atoms with Crippen molar-refractivity contribution in [2.24, 2.45) is 0 Å². The van der Waals surface area contributed by atoms with E-state index in [9.17, 15) is 9.59 Å². The molecular weight excluding hydrogens is 342 g/mol. The van der Waals surface area contributed by atoms with E-state index in [0.29, 0.717) is 23.6 Å². The van der Waals surface area contributed by atoms with Crippen LogP contribution in [0.1, 0.15) is 21.7 Å². The van der Waals surface area contributed by atoms with Crippen molar-refractivity contribution < 1.29 is 14.0 Å². The molecule has 1 heterocycles. The summed E-state index contributed by atoms with van der Waals surface area (Å²) in [5.41, 5.74) is 3.17. The second-order valence-electron chi connectivity index (χ2n) is 6.11. The van der Waals surface area contributed by atoms with Gasteiger partial charge < -0.3 is 20.4 Å². The number of nitrogens with one attached hydrogen (secondary N) is 3. The molecule has 0 bridgehead atoms. The van der Waals surface area contributed by atoms with Crippen molar-refractivity contribution in [2.75, 3.05) is 17.2 Å². The van der Waals surface area contributed by atoms with Crippen molar-refractivity contribution in [2.45, 2.75) is 13.5 Å². The fourth-order valence-corrected chi connectivity index (χ4v) is 2.53. The number of amides is 2. The maximum absolute atomic E-state index is 12.1. The highest BCUT2D eigenvalue weighted by molar-refractivity contribution is 5.96. The maximum atomic E-state index is 12.1. The van der Waals surface area contributed by atoms with Crippen LogP contribution in [0.15, 0.2) is 71.3 Å². The summed E-state index contributed by atoms with van der Waals surface area (Å²) in [4.78, 5) is 24.2. The average molecular weight is 363 g/mol. The Bertz CT molecular complexity index is 903. The zero-order valence-corrected chi connectivity index (χ0v) is 15.0. The van der Waals surface area contributed by atoms with Gasteiger partial charge in [0, 0.05) is 16.9 Å². The lowest BCUT2D eigenvalue weighted by Gasteiger charge is -2.09. The molecule has 0 aliphatic heterocycles. The number of rotatable bonds is 7. The predicted molar refractivity (Wildman–Crippen MR) is 105 cm³/mol. The molecule has 2 amide bonds. The van der Waals surface area contributed by atoms with E-state index in [-0.39, 0.29) is 18.4 Å². The van der Waals surface area contributed by atoms with E-state index in [1.807, 2.05) is 31.2 Å². The fourth-order valence-electron chi connectivity index (χ4n) is 2.53. The fraction of sp³-hybridized carbons (Fsp3) is 0.143. The molecule has 6 nitrogen and oxygen atoms in total. The first kappa shape index (κ1) is 18.3. The van der Waals surface area contributed by atoms with Crippen LogP contribution in [-0.2, 0) is 11.3 Å². The quantitative estimate of drug-likeness (QED) is 0.599. The third-order valence-electron chi connectivity index (χ3n) is 3.91. The third-order valence-corrected chi connectivity index (χ3v) is 3.91. The topological polar surface area (TPSA) is 83.4 Å². The van der Waals surface area contributed by atoms with Gasteiger partial charge in [0.25, 0.3) is 5.91 Å². The van der Waals surface area contributed by atoms with Crippen LogP contribution in [0.4, 0.5) is 11.4 Å². The lowest BCUT2D eigenvalue weighted by Crippen LogP contribution is -2.23. The number of benzene rings is 2. The van der Waals surface area contributed by atoms with Gasteiger partial charge in [-0.1, -0.05) is 12.1 Å². The third kappa shape index (κ3) is 5.47. The number of hydrogen-bond acceptors (Lipinski definition) is 4. The molecule has 2 aromatic carbocycles. The highest BCUT2D eigenvalue weighted by Crippen LogP contribution is 2.11. The second-order valence-corrected chi connectivity index (χ2v) is 6.11. The Morgan fingerprint density at radius 3 is 2.48 bits per heavy atom. The average Bonchev–Trinajstić information content (AvgIpc) is 3.19. The van der Waals surface area contributed by atoms with Crippen LogP contribution in [0.3, 0.4) is 0 Å². The summed E-state index contributed by atoms with van der Waals surface area (Å²) in [6, 6.07) is 18.1. The number of anilines is 2. The first-order chi connectivity index (χ1) is 13.1. The molecule has 0 unspecified atom stereocenters. The standard InChI is InChI=1S/C21H21N3O3/c1-15-4-2-5-18(12-15)22-14-20(25)24-17-9-7-16(8-10-17)21(26)23-13-19-6-3-11-27-19/h2-12,22H,13-14H2,1H3,(H,23,26)(H,24,25). The number of hydrogen-bond donors (Lipinski definition) is 3. The van der Waals surface area contributed by atoms with Gasteiger partial charge in [0.1, 0.15) is 5.76 Å². The highest BCUT2D eigenvalue weighted by Gasteiger charge is 2.07. The maximum Gasteiger partial charge on any atom is 0.251 e. The molecule has 0 saturated heterocycles. The van der Waals surface area contributed by atoms with Gasteiger partial charge in [-0.3, -0.25) is 9.59 Å². The molecule has 3 N–H and O–H groups in total. The van der Waals surface area contributed by atoms with Gasteiger partial charge >= 0.3 is 0 Å². The Morgan fingerprint density at radius 1 is 0.963 bits per heavy atom. The summed E-state index contributed by atoms with van der Waals surface area (Å²) in [5, 5.41) is 8.65. The SMILES string of the molecule is Cc1cccc(NCC(=O)Nc2ccc(C(=O)NCc3ccco3)cc2)c1. The van der Waals surface area contributed by atoms with Crippen LogP contribution in [-0.4, -0.2) is 18.4 Å². The normalized spacial score (nSPS) is 10.3. The molecule has 3 aromatic rings. The Balaban J connectivity index is 1.47. The summed E-state index contributed by atoms with van der Waals surface area (Å²) in [6.45, 7) is 2.49. The van der Waals surface area contributed by atoms with Gasteiger partial charge in [0.05, 0.1) is 19.4 Å². The number of furan rings is 1. The summed E-state index contributed by atoms with van der Waals surface area (Å²) in [7, 11) is 0. The summed E-state index contributed by atoms with van der Waals surface area (Å²) in [6.07, 6.45) is 1.56. The molecule has 27 heavy (non-hydrogen) atoms. The molecular formula is C21H21N3O3. The predicted octanol–water partition coefficient (Wildman–Crippen LogP) is 3.57. The summed E-state index contributed by atoms with van der Waals surface area (Å²) < 4.78 is 5.18. The van der Waals surface area contributed by atoms with Crippen molar-refractivity contribution in [1.82, 2.24) is 5.32 Å². The van der Waals surface area contributed by atoms with E-state index in [4.69, 9.17) is 4.42 Å². The molecule has 1 aromatic heterocycles. The van der Waals surface area contributed by atoms with E-state index in [0.717, 1.165) is 11.3 Å². The molecule has 0 saturated carbocycles. The first-order valence-electron chi connectivity index (χ1n) is 8.61. The number of carbonyl (C=O) groups is 2. The molecule has 6 heteroatoms. The van der Waals surface area contributed by atoms with Crippen LogP contribution in [0.2, 0.25) is 0 Å². The number of carbonyl (C=O) groups excluding carboxylic acids is 2. The van der Waals surface area contributed by atoms with Crippen molar-refractivity contribution in [1.29, 1.82) is 0 Å². The van der Waals surface area contributed by atoms with Gasteiger partial charge in [-0.25, -0.2) is 0 Å². The lowest BCUT2D eigenvalue weighted by atomic mass is 10.2. The zero-order chi connectivity index (χ0) is 19.1. The van der Waals surface area contributed by atoms with E-state index < -0.39 is 0 Å². The van der Waals surface area contributed by atoms with Crippen LogP contribution < -0.4 is 16.0 Å². The summed E-state index contributed by atoms with van der Waals surface area (Å²) in [5.74, 6) is 0.324. The Labute approximate surface area is 157 Å². The van der Waals surface area contributed by atoms with Crippen LogP contribution >= 0.6 is 0 Å². The molecule has 0 fully saturated rings. The smallest absolute Gasteiger partial charge is 0.251 e. The van der Waals surface area contributed by atoms with Crippen molar-refractivity contribution >= 4 is 23.2 Å². The molecule has 0 atom stereocenters. The van der Waals surface area contributed by atoms with Gasteiger partial charge in [0.2, 0.25) is 5.91 Å². The molecule has 0 radical (unpaired) electrons. The van der Waals surface area contributed by atoms with Gasteiger partial charge in [-0.2, -0.15) is 0 Å². The molecule has 0 aliphatic carbocycles. The van der Waals surface area contributed by atoms with E-state index >= 15 is 0 Å². The minimum Gasteiger partial charge on any atom is -0.467 e. The number of aryl methyl sites for hydroxylation is 1. The van der Waals surface area contributed by atoms with Gasteiger partial charge in [-0.15, -0.1) is 0 Å². The largest absolute Gasteiger partial charge is 0.467 e. The van der Waals surface area contributed by atoms with Crippen molar-refractivity contribution in [3.05, 3.63) is 83.8 Å². The monoisotopic (exact) mass is 363 g/mol. The Morgan fingerprint density at radius 2 is 1.78 bits per heavy atom. The Kier molecular flexibility index (Phi) is 5.89. The first-order valence-corrected chi connectivity index (χ1v) is 8.61. The van der Waals surface area contributed by atoms with Gasteiger partial charge in [0.15, 0.2) is 0 Å². The van der Waals surface area contributed by atoms with Gasteiger partial charge in [-0.05, 0) is 61.0 Å². The second kappa shape index (κ2) is 8.71. The Hall–Kier alpha value is -3.54. The highest BCUT2D eigenvalue weighted by atomic mass is 16.3. The minimum atomic E-state index is -0.203. The van der Waals surface area contributed by atoms with E-state index in [2.05, 4.69) is 16.0 Å². The van der Waals surface area contributed by atoms with Crippen LogP contribution in [0.25, 0.3) is 0 Å². The zero-order valence-electron chi connectivity index (χ0n) is 15.0. The molecule has 3 rings (SSSR count).